The molecular weight excluding hydrogens is 304 g/mol. The molecule has 2 atom stereocenters. The first-order chi connectivity index (χ1) is 11.4. The van der Waals surface area contributed by atoms with Crippen molar-refractivity contribution in [1.82, 2.24) is 9.80 Å². The van der Waals surface area contributed by atoms with Gasteiger partial charge in [-0.05, 0) is 37.8 Å². The van der Waals surface area contributed by atoms with Crippen molar-refractivity contribution in [2.75, 3.05) is 39.8 Å². The van der Waals surface area contributed by atoms with Gasteiger partial charge in [0.1, 0.15) is 5.75 Å². The van der Waals surface area contributed by atoms with Gasteiger partial charge in [-0.2, -0.15) is 0 Å². The molecule has 1 aliphatic heterocycles. The molecule has 1 saturated carbocycles. The van der Waals surface area contributed by atoms with Gasteiger partial charge in [0.05, 0.1) is 12.7 Å². The van der Waals surface area contributed by atoms with Crippen molar-refractivity contribution in [1.29, 1.82) is 0 Å². The molecular formula is C19H28N2O3. The van der Waals surface area contributed by atoms with Crippen LogP contribution in [0.25, 0.3) is 0 Å². The SMILES string of the molecule is COc1ccccc1[C@H]1C[C@@H]1C(=O)N1CCN(CC(C)(C)O)CC1. The zero-order valence-corrected chi connectivity index (χ0v) is 14.9. The number of hydrogen-bond donors (Lipinski definition) is 1. The van der Waals surface area contributed by atoms with Crippen LogP contribution in [0.3, 0.4) is 0 Å². The van der Waals surface area contributed by atoms with Gasteiger partial charge >= 0.3 is 0 Å². The lowest BCUT2D eigenvalue weighted by Crippen LogP contribution is -2.52. The van der Waals surface area contributed by atoms with Crippen LogP contribution in [0.15, 0.2) is 24.3 Å². The van der Waals surface area contributed by atoms with E-state index < -0.39 is 5.60 Å². The summed E-state index contributed by atoms with van der Waals surface area (Å²) in [5.74, 6) is 1.55. The van der Waals surface area contributed by atoms with Crippen LogP contribution in [-0.4, -0.2) is 66.2 Å². The first-order valence-corrected chi connectivity index (χ1v) is 8.75. The number of rotatable bonds is 5. The number of carbonyl (C=O) groups excluding carboxylic acids is 1. The Kier molecular flexibility index (Phi) is 4.83. The van der Waals surface area contributed by atoms with E-state index in [1.165, 1.54) is 0 Å². The molecule has 1 aromatic rings. The number of para-hydroxylation sites is 1. The molecule has 0 bridgehead atoms. The first-order valence-electron chi connectivity index (χ1n) is 8.75. The number of amides is 1. The Morgan fingerprint density at radius 1 is 1.25 bits per heavy atom. The van der Waals surface area contributed by atoms with Gasteiger partial charge in [-0.25, -0.2) is 0 Å². The summed E-state index contributed by atoms with van der Waals surface area (Å²) >= 11 is 0. The normalized spacial score (nSPS) is 24.8. The Bertz CT molecular complexity index is 589. The van der Waals surface area contributed by atoms with Crippen LogP contribution in [0.4, 0.5) is 0 Å². The molecule has 0 spiro atoms. The number of hydrogen-bond acceptors (Lipinski definition) is 4. The number of piperazine rings is 1. The molecule has 1 aromatic carbocycles. The van der Waals surface area contributed by atoms with Crippen LogP contribution in [0.2, 0.25) is 0 Å². The third kappa shape index (κ3) is 3.90. The molecule has 1 N–H and O–H groups in total. The Morgan fingerprint density at radius 3 is 2.54 bits per heavy atom. The molecule has 5 nitrogen and oxygen atoms in total. The molecule has 132 valence electrons. The summed E-state index contributed by atoms with van der Waals surface area (Å²) in [7, 11) is 1.68. The second-order valence-corrected chi connectivity index (χ2v) is 7.60. The molecule has 0 radical (unpaired) electrons. The number of benzene rings is 1. The molecule has 3 rings (SSSR count). The van der Waals surface area contributed by atoms with Crippen LogP contribution in [0, 0.1) is 5.92 Å². The Balaban J connectivity index is 1.54. The van der Waals surface area contributed by atoms with E-state index in [1.54, 1.807) is 7.11 Å². The van der Waals surface area contributed by atoms with Crippen molar-refractivity contribution in [2.24, 2.45) is 5.92 Å². The summed E-state index contributed by atoms with van der Waals surface area (Å²) in [6, 6.07) is 8.00. The summed E-state index contributed by atoms with van der Waals surface area (Å²) in [5, 5.41) is 9.92. The van der Waals surface area contributed by atoms with Crippen molar-refractivity contribution in [3.05, 3.63) is 29.8 Å². The molecule has 1 aliphatic carbocycles. The zero-order chi connectivity index (χ0) is 17.3. The largest absolute Gasteiger partial charge is 0.496 e. The molecule has 5 heteroatoms. The quantitative estimate of drug-likeness (QED) is 0.892. The van der Waals surface area contributed by atoms with Gasteiger partial charge in [0.15, 0.2) is 0 Å². The smallest absolute Gasteiger partial charge is 0.226 e. The highest BCUT2D eigenvalue weighted by Crippen LogP contribution is 2.51. The lowest BCUT2D eigenvalue weighted by molar-refractivity contribution is -0.134. The molecule has 2 aliphatic rings. The number of aliphatic hydroxyl groups is 1. The number of ether oxygens (including phenoxy) is 1. The lowest BCUT2D eigenvalue weighted by Gasteiger charge is -2.37. The topological polar surface area (TPSA) is 53.0 Å². The van der Waals surface area contributed by atoms with Crippen LogP contribution in [-0.2, 0) is 4.79 Å². The minimum absolute atomic E-state index is 0.0992. The van der Waals surface area contributed by atoms with Gasteiger partial charge < -0.3 is 14.7 Å². The zero-order valence-electron chi connectivity index (χ0n) is 14.9. The summed E-state index contributed by atoms with van der Waals surface area (Å²) in [4.78, 5) is 17.0. The van der Waals surface area contributed by atoms with E-state index in [0.29, 0.717) is 12.5 Å². The second kappa shape index (κ2) is 6.73. The van der Waals surface area contributed by atoms with Crippen LogP contribution in [0.5, 0.6) is 5.75 Å². The summed E-state index contributed by atoms with van der Waals surface area (Å²) in [5.41, 5.74) is 0.469. The molecule has 2 fully saturated rings. The van der Waals surface area contributed by atoms with Gasteiger partial charge in [0, 0.05) is 38.6 Å². The fraction of sp³-hybridized carbons (Fsp3) is 0.632. The summed E-state index contributed by atoms with van der Waals surface area (Å²) < 4.78 is 5.43. The minimum atomic E-state index is -0.683. The van der Waals surface area contributed by atoms with E-state index in [2.05, 4.69) is 11.0 Å². The van der Waals surface area contributed by atoms with Gasteiger partial charge in [-0.3, -0.25) is 9.69 Å². The molecule has 1 amide bonds. The third-order valence-corrected chi connectivity index (χ3v) is 4.94. The lowest BCUT2D eigenvalue weighted by atomic mass is 10.1. The average molecular weight is 332 g/mol. The van der Waals surface area contributed by atoms with Gasteiger partial charge in [-0.1, -0.05) is 18.2 Å². The molecule has 0 aromatic heterocycles. The van der Waals surface area contributed by atoms with Crippen molar-refractivity contribution < 1.29 is 14.6 Å². The highest BCUT2D eigenvalue weighted by molar-refractivity contribution is 5.83. The Labute approximate surface area is 144 Å². The Morgan fingerprint density at radius 2 is 1.92 bits per heavy atom. The highest BCUT2D eigenvalue weighted by atomic mass is 16.5. The third-order valence-electron chi connectivity index (χ3n) is 4.94. The summed E-state index contributed by atoms with van der Waals surface area (Å²) in [6.07, 6.45) is 0.920. The Hall–Kier alpha value is -1.59. The number of carbonyl (C=O) groups is 1. The monoisotopic (exact) mass is 332 g/mol. The summed E-state index contributed by atoms with van der Waals surface area (Å²) in [6.45, 7) is 7.49. The van der Waals surface area contributed by atoms with Crippen molar-refractivity contribution in [2.45, 2.75) is 31.8 Å². The van der Waals surface area contributed by atoms with E-state index in [9.17, 15) is 9.90 Å². The number of nitrogens with zero attached hydrogens (tertiary/aromatic N) is 2. The van der Waals surface area contributed by atoms with Crippen LogP contribution < -0.4 is 4.74 Å². The first kappa shape index (κ1) is 17.2. The maximum atomic E-state index is 12.8. The predicted octanol–water partition coefficient (Wildman–Crippen LogP) is 1.71. The predicted molar refractivity (Wildman–Crippen MR) is 93.2 cm³/mol. The van der Waals surface area contributed by atoms with Crippen molar-refractivity contribution in [3.8, 4) is 5.75 Å². The van der Waals surface area contributed by atoms with Crippen molar-refractivity contribution in [3.63, 3.8) is 0 Å². The number of methoxy groups -OCH3 is 1. The average Bonchev–Trinajstić information content (AvgIpc) is 3.34. The molecule has 1 heterocycles. The maximum Gasteiger partial charge on any atom is 0.226 e. The second-order valence-electron chi connectivity index (χ2n) is 7.60. The maximum absolute atomic E-state index is 12.8. The van der Waals surface area contributed by atoms with Gasteiger partial charge in [-0.15, -0.1) is 0 Å². The van der Waals surface area contributed by atoms with E-state index in [4.69, 9.17) is 4.74 Å². The van der Waals surface area contributed by atoms with E-state index in [-0.39, 0.29) is 11.8 Å². The van der Waals surface area contributed by atoms with Crippen LogP contribution >= 0.6 is 0 Å². The number of β-amino-alcohol motifs (C(OH)–C–C–N with tert-alkyl or cyclic N) is 1. The molecule has 1 saturated heterocycles. The van der Waals surface area contributed by atoms with Crippen molar-refractivity contribution >= 4 is 5.91 Å². The molecule has 24 heavy (non-hydrogen) atoms. The van der Waals surface area contributed by atoms with E-state index in [0.717, 1.165) is 43.9 Å². The fourth-order valence-electron chi connectivity index (χ4n) is 3.69. The highest BCUT2D eigenvalue weighted by Gasteiger charge is 2.47. The van der Waals surface area contributed by atoms with Gasteiger partial charge in [0.25, 0.3) is 0 Å². The van der Waals surface area contributed by atoms with E-state index >= 15 is 0 Å². The van der Waals surface area contributed by atoms with Gasteiger partial charge in [0.2, 0.25) is 5.91 Å². The minimum Gasteiger partial charge on any atom is -0.496 e. The van der Waals surface area contributed by atoms with E-state index in [1.807, 2.05) is 36.9 Å². The van der Waals surface area contributed by atoms with Crippen LogP contribution in [0.1, 0.15) is 31.7 Å². The standard InChI is InChI=1S/C19H28N2O3/c1-19(2,23)13-20-8-10-21(11-9-20)18(22)16-12-15(16)14-6-4-5-7-17(14)24-3/h4-7,15-16,23H,8-13H2,1-3H3/t15-,16+/m1/s1. The fourth-order valence-corrected chi connectivity index (χ4v) is 3.69. The molecule has 0 unspecified atom stereocenters.